The Kier molecular flexibility index (Phi) is 3.48. The lowest BCUT2D eigenvalue weighted by Crippen LogP contribution is -2.47. The number of hydrogen-bond acceptors (Lipinski definition) is 1. The molecule has 0 saturated heterocycles. The highest BCUT2D eigenvalue weighted by Crippen LogP contribution is 2.65. The second-order valence-corrected chi connectivity index (χ2v) is 9.24. The van der Waals surface area contributed by atoms with Crippen LogP contribution in [0.2, 0.25) is 0 Å². The number of ketones is 1. The molecular weight excluding hydrogens is 316 g/mol. The zero-order chi connectivity index (χ0) is 17.9. The molecule has 0 aromatic heterocycles. The van der Waals surface area contributed by atoms with Crippen molar-refractivity contribution in [1.29, 1.82) is 0 Å². The highest BCUT2D eigenvalue weighted by molar-refractivity contribution is 5.91. The molecule has 1 aromatic rings. The van der Waals surface area contributed by atoms with Gasteiger partial charge in [0.25, 0.3) is 0 Å². The maximum Gasteiger partial charge on any atom is 0.155 e. The van der Waals surface area contributed by atoms with E-state index in [0.717, 1.165) is 19.3 Å². The highest BCUT2D eigenvalue weighted by atomic mass is 16.1. The van der Waals surface area contributed by atoms with Crippen LogP contribution < -0.4 is 0 Å². The molecule has 0 spiro atoms. The SMILES string of the molecule is C[C@]12CC[C@H]3[C@@H](CCC4=CC(=O)CC[C@@]43C)C1=CC=C2c1ccccc1. The molecule has 0 radical (unpaired) electrons. The summed E-state index contributed by atoms with van der Waals surface area (Å²) in [6.45, 7) is 4.92. The van der Waals surface area contributed by atoms with Gasteiger partial charge in [0.05, 0.1) is 0 Å². The molecule has 0 heterocycles. The van der Waals surface area contributed by atoms with E-state index >= 15 is 0 Å². The second-order valence-electron chi connectivity index (χ2n) is 9.24. The Morgan fingerprint density at radius 3 is 2.58 bits per heavy atom. The van der Waals surface area contributed by atoms with E-state index in [0.29, 0.717) is 17.6 Å². The van der Waals surface area contributed by atoms with E-state index in [1.807, 2.05) is 6.08 Å². The van der Waals surface area contributed by atoms with Gasteiger partial charge in [-0.25, -0.2) is 0 Å². The van der Waals surface area contributed by atoms with Crippen LogP contribution in [-0.4, -0.2) is 5.78 Å². The zero-order valence-electron chi connectivity index (χ0n) is 15.9. The van der Waals surface area contributed by atoms with Gasteiger partial charge in [0.2, 0.25) is 0 Å². The summed E-state index contributed by atoms with van der Waals surface area (Å²) < 4.78 is 0. The zero-order valence-corrected chi connectivity index (χ0v) is 15.9. The first-order chi connectivity index (χ1) is 12.5. The van der Waals surface area contributed by atoms with Gasteiger partial charge in [-0.2, -0.15) is 0 Å². The lowest BCUT2D eigenvalue weighted by molar-refractivity contribution is -0.116. The summed E-state index contributed by atoms with van der Waals surface area (Å²) in [6.07, 6.45) is 13.5. The van der Waals surface area contributed by atoms with E-state index in [9.17, 15) is 4.79 Å². The Balaban J connectivity index is 1.50. The summed E-state index contributed by atoms with van der Waals surface area (Å²) in [7, 11) is 0. The maximum atomic E-state index is 12.0. The maximum absolute atomic E-state index is 12.0. The first-order valence-electron chi connectivity index (χ1n) is 10.2. The number of carbonyl (C=O) groups is 1. The van der Waals surface area contributed by atoms with Crippen molar-refractivity contribution in [2.24, 2.45) is 22.7 Å². The standard InChI is InChI=1S/C25H28O/c1-24-14-12-19(26)16-18(24)8-9-20-22-11-10-21(17-6-4-3-5-7-17)25(22,2)15-13-23(20)24/h3-7,10-11,16,20,23H,8-9,12-15H2,1-2H3/t20-,23-,24-,25+/m0/s1. The van der Waals surface area contributed by atoms with Crippen molar-refractivity contribution >= 4 is 11.4 Å². The van der Waals surface area contributed by atoms with Crippen LogP contribution in [0.1, 0.15) is 57.9 Å². The Morgan fingerprint density at radius 2 is 1.77 bits per heavy atom. The van der Waals surface area contributed by atoms with Gasteiger partial charge in [0, 0.05) is 11.8 Å². The number of carbonyl (C=O) groups excluding carboxylic acids is 1. The molecule has 0 unspecified atom stereocenters. The van der Waals surface area contributed by atoms with Crippen LogP contribution in [0.4, 0.5) is 0 Å². The van der Waals surface area contributed by atoms with Gasteiger partial charge in [-0.3, -0.25) is 4.79 Å². The van der Waals surface area contributed by atoms with Crippen LogP contribution in [0.15, 0.2) is 59.7 Å². The summed E-state index contributed by atoms with van der Waals surface area (Å²) in [5, 5.41) is 0. The third-order valence-electron chi connectivity index (χ3n) is 8.09. The summed E-state index contributed by atoms with van der Waals surface area (Å²) >= 11 is 0. The Hall–Kier alpha value is -1.89. The van der Waals surface area contributed by atoms with Crippen LogP contribution in [0.3, 0.4) is 0 Å². The summed E-state index contributed by atoms with van der Waals surface area (Å²) in [5.74, 6) is 1.74. The first kappa shape index (κ1) is 16.3. The third-order valence-corrected chi connectivity index (χ3v) is 8.09. The quantitative estimate of drug-likeness (QED) is 0.599. The monoisotopic (exact) mass is 344 g/mol. The van der Waals surface area contributed by atoms with Gasteiger partial charge in [0.1, 0.15) is 0 Å². The molecular formula is C25H28O. The molecule has 134 valence electrons. The van der Waals surface area contributed by atoms with Gasteiger partial charge in [-0.15, -0.1) is 0 Å². The lowest BCUT2D eigenvalue weighted by Gasteiger charge is -2.56. The topological polar surface area (TPSA) is 17.1 Å². The average Bonchev–Trinajstić information content (AvgIpc) is 3.00. The second kappa shape index (κ2) is 5.55. The van der Waals surface area contributed by atoms with Crippen LogP contribution in [0.25, 0.3) is 5.57 Å². The molecule has 4 aliphatic carbocycles. The molecule has 4 atom stereocenters. The van der Waals surface area contributed by atoms with Crippen molar-refractivity contribution in [2.45, 2.75) is 52.4 Å². The van der Waals surface area contributed by atoms with Crippen LogP contribution >= 0.6 is 0 Å². The number of allylic oxidation sites excluding steroid dienone is 6. The molecule has 0 N–H and O–H groups in total. The van der Waals surface area contributed by atoms with Gasteiger partial charge in [0.15, 0.2) is 5.78 Å². The molecule has 5 rings (SSSR count). The predicted molar refractivity (Wildman–Crippen MR) is 106 cm³/mol. The van der Waals surface area contributed by atoms with E-state index in [4.69, 9.17) is 0 Å². The van der Waals surface area contributed by atoms with E-state index in [1.54, 1.807) is 5.57 Å². The minimum Gasteiger partial charge on any atom is -0.295 e. The molecule has 1 aromatic carbocycles. The molecule has 0 amide bonds. The number of fused-ring (bicyclic) bond motifs is 5. The smallest absolute Gasteiger partial charge is 0.155 e. The minimum atomic E-state index is 0.199. The summed E-state index contributed by atoms with van der Waals surface area (Å²) in [5.41, 5.74) is 6.46. The Labute approximate surface area is 156 Å². The number of benzene rings is 1. The van der Waals surface area contributed by atoms with Crippen molar-refractivity contribution in [3.8, 4) is 0 Å². The average molecular weight is 344 g/mol. The Morgan fingerprint density at radius 1 is 0.962 bits per heavy atom. The fourth-order valence-electron chi connectivity index (χ4n) is 6.59. The van der Waals surface area contributed by atoms with Crippen molar-refractivity contribution < 1.29 is 4.79 Å². The molecule has 0 bridgehead atoms. The Bertz CT molecular complexity index is 855. The van der Waals surface area contributed by atoms with Crippen molar-refractivity contribution in [3.63, 3.8) is 0 Å². The fourth-order valence-corrected chi connectivity index (χ4v) is 6.59. The predicted octanol–water partition coefficient (Wildman–Crippen LogP) is 6.13. The number of rotatable bonds is 1. The molecule has 1 heteroatoms. The fraction of sp³-hybridized carbons (Fsp3) is 0.480. The van der Waals surface area contributed by atoms with Crippen molar-refractivity contribution in [2.75, 3.05) is 0 Å². The van der Waals surface area contributed by atoms with Gasteiger partial charge in [-0.1, -0.05) is 67.5 Å². The van der Waals surface area contributed by atoms with Crippen LogP contribution in [0.5, 0.6) is 0 Å². The molecule has 2 saturated carbocycles. The van der Waals surface area contributed by atoms with Crippen LogP contribution in [0, 0.1) is 22.7 Å². The van der Waals surface area contributed by atoms with Crippen molar-refractivity contribution in [3.05, 3.63) is 65.3 Å². The highest BCUT2D eigenvalue weighted by Gasteiger charge is 2.54. The third kappa shape index (κ3) is 2.12. The minimum absolute atomic E-state index is 0.199. The molecule has 26 heavy (non-hydrogen) atoms. The normalized spacial score (nSPS) is 38.5. The van der Waals surface area contributed by atoms with Crippen molar-refractivity contribution in [1.82, 2.24) is 0 Å². The van der Waals surface area contributed by atoms with E-state index in [2.05, 4.69) is 56.3 Å². The molecule has 1 nitrogen and oxygen atoms in total. The largest absolute Gasteiger partial charge is 0.295 e. The van der Waals surface area contributed by atoms with E-state index in [-0.39, 0.29) is 10.8 Å². The summed E-state index contributed by atoms with van der Waals surface area (Å²) in [6, 6.07) is 10.9. The van der Waals surface area contributed by atoms with Gasteiger partial charge < -0.3 is 0 Å². The van der Waals surface area contributed by atoms with Gasteiger partial charge in [-0.05, 0) is 66.6 Å². The van der Waals surface area contributed by atoms with Crippen LogP contribution in [-0.2, 0) is 4.79 Å². The van der Waals surface area contributed by atoms with E-state index in [1.165, 1.54) is 36.0 Å². The molecule has 4 aliphatic rings. The summed E-state index contributed by atoms with van der Waals surface area (Å²) in [4.78, 5) is 12.0. The van der Waals surface area contributed by atoms with E-state index < -0.39 is 0 Å². The lowest BCUT2D eigenvalue weighted by atomic mass is 9.48. The molecule has 0 aliphatic heterocycles. The molecule has 2 fully saturated rings. The number of hydrogen-bond donors (Lipinski definition) is 0. The first-order valence-corrected chi connectivity index (χ1v) is 10.2. The van der Waals surface area contributed by atoms with Gasteiger partial charge >= 0.3 is 0 Å².